The molecule has 2 aromatic heterocycles. The van der Waals surface area contributed by atoms with Crippen molar-refractivity contribution in [2.75, 3.05) is 0 Å². The number of aromatic nitrogens is 2. The summed E-state index contributed by atoms with van der Waals surface area (Å²) in [6, 6.07) is 10.1. The van der Waals surface area contributed by atoms with E-state index in [1.54, 1.807) is 36.4 Å². The van der Waals surface area contributed by atoms with Gasteiger partial charge in [-0.05, 0) is 0 Å². The molecule has 0 aliphatic heterocycles. The molecule has 0 aliphatic rings. The molecule has 2 heterocycles. The second kappa shape index (κ2) is 6.01. The SMILES string of the molecule is [F][Sn]([F])([S]c1ccccn1)[S]c1ccccn1. The molecule has 0 N–H and O–H groups in total. The van der Waals surface area contributed by atoms with Gasteiger partial charge in [0.05, 0.1) is 0 Å². The molecule has 2 rings (SSSR count). The topological polar surface area (TPSA) is 25.8 Å². The van der Waals surface area contributed by atoms with Crippen molar-refractivity contribution in [2.24, 2.45) is 0 Å². The number of hydrogen-bond acceptors (Lipinski definition) is 4. The molecule has 0 unspecified atom stereocenters. The van der Waals surface area contributed by atoms with E-state index in [4.69, 9.17) is 0 Å². The van der Waals surface area contributed by atoms with Gasteiger partial charge in [0.15, 0.2) is 0 Å². The molecule has 0 aromatic carbocycles. The van der Waals surface area contributed by atoms with Crippen LogP contribution in [0.3, 0.4) is 0 Å². The van der Waals surface area contributed by atoms with Crippen molar-refractivity contribution in [1.29, 1.82) is 0 Å². The van der Waals surface area contributed by atoms with Gasteiger partial charge >= 0.3 is 109 Å². The van der Waals surface area contributed by atoms with Crippen LogP contribution in [0.25, 0.3) is 0 Å². The van der Waals surface area contributed by atoms with E-state index < -0.39 is 16.8 Å². The summed E-state index contributed by atoms with van der Waals surface area (Å²) >= 11 is -5.24. The van der Waals surface area contributed by atoms with E-state index in [1.807, 2.05) is 0 Å². The monoisotopic (exact) mass is 378 g/mol. The average molecular weight is 377 g/mol. The van der Waals surface area contributed by atoms with Crippen LogP contribution in [-0.2, 0) is 0 Å². The first-order valence-electron chi connectivity index (χ1n) is 4.74. The first-order valence-corrected chi connectivity index (χ1v) is 15.5. The van der Waals surface area contributed by atoms with Crippen molar-refractivity contribution < 1.29 is 5.73 Å². The molecule has 17 heavy (non-hydrogen) atoms. The number of hydrogen-bond donors (Lipinski definition) is 0. The average Bonchev–Trinajstić information content (AvgIpc) is 2.30. The molecule has 0 bridgehead atoms. The van der Waals surface area contributed by atoms with E-state index >= 15 is 0 Å². The van der Waals surface area contributed by atoms with Crippen LogP contribution in [0.4, 0.5) is 5.73 Å². The van der Waals surface area contributed by atoms with E-state index in [1.165, 1.54) is 12.4 Å². The fourth-order valence-electron chi connectivity index (χ4n) is 1.08. The molecule has 2 aromatic rings. The van der Waals surface area contributed by atoms with Gasteiger partial charge in [-0.15, -0.1) is 0 Å². The van der Waals surface area contributed by atoms with E-state index in [0.29, 0.717) is 27.9 Å². The van der Waals surface area contributed by atoms with Gasteiger partial charge in [0.2, 0.25) is 0 Å². The summed E-state index contributed by atoms with van der Waals surface area (Å²) in [5.41, 5.74) is 0. The van der Waals surface area contributed by atoms with E-state index in [2.05, 4.69) is 9.97 Å². The molecule has 0 saturated heterocycles. The van der Waals surface area contributed by atoms with Crippen LogP contribution < -0.4 is 0 Å². The van der Waals surface area contributed by atoms with Gasteiger partial charge in [0, 0.05) is 0 Å². The number of pyridine rings is 2. The van der Waals surface area contributed by atoms with Crippen LogP contribution in [0.5, 0.6) is 0 Å². The Hall–Kier alpha value is -0.341. The number of nitrogens with zero attached hydrogens (tertiary/aromatic N) is 2. The summed E-state index contributed by atoms with van der Waals surface area (Å²) in [4.78, 5) is 7.81. The van der Waals surface area contributed by atoms with Gasteiger partial charge in [-0.2, -0.15) is 0 Å². The minimum absolute atomic E-state index is 0.386. The molecular formula is C10H8F2N2S2Sn. The van der Waals surface area contributed by atoms with Crippen molar-refractivity contribution in [3.8, 4) is 0 Å². The molecule has 2 nitrogen and oxygen atoms in total. The zero-order chi connectivity index (χ0) is 12.1. The van der Waals surface area contributed by atoms with E-state index in [-0.39, 0.29) is 0 Å². The van der Waals surface area contributed by atoms with Crippen molar-refractivity contribution in [3.05, 3.63) is 48.8 Å². The number of halogens is 2. The molecule has 0 saturated carbocycles. The first kappa shape index (κ1) is 13.1. The Bertz CT molecular complexity index is 427. The van der Waals surface area contributed by atoms with Crippen molar-refractivity contribution in [2.45, 2.75) is 10.1 Å². The molecule has 0 amide bonds. The van der Waals surface area contributed by atoms with Gasteiger partial charge in [-0.25, -0.2) is 0 Å². The second-order valence-corrected chi connectivity index (χ2v) is 19.0. The Balaban J connectivity index is 2.04. The maximum atomic E-state index is 13.9. The summed E-state index contributed by atoms with van der Waals surface area (Å²) in [5.74, 6) is 0. The predicted octanol–water partition coefficient (Wildman–Crippen LogP) is 3.74. The summed E-state index contributed by atoms with van der Waals surface area (Å²) in [6.45, 7) is 0. The Morgan fingerprint density at radius 3 is 1.65 bits per heavy atom. The summed E-state index contributed by atoms with van der Waals surface area (Å²) < 4.78 is 27.7. The summed E-state index contributed by atoms with van der Waals surface area (Å²) in [5, 5.41) is 0.772. The Labute approximate surface area is 109 Å². The van der Waals surface area contributed by atoms with E-state index in [9.17, 15) is 5.73 Å². The molecule has 0 aliphatic carbocycles. The fraction of sp³-hybridized carbons (Fsp3) is 0. The van der Waals surface area contributed by atoms with Gasteiger partial charge in [-0.1, -0.05) is 0 Å². The minimum atomic E-state index is -5.24. The Morgan fingerprint density at radius 2 is 1.29 bits per heavy atom. The standard InChI is InChI=1S/2C5H5NS.2FH.Sn/c2*7-5-3-1-2-4-6-5;;;/h2*1-4H,(H,6,7);2*1H;/q;;;;+4/p-4. The molecule has 88 valence electrons. The van der Waals surface area contributed by atoms with Crippen molar-refractivity contribution >= 4 is 34.6 Å². The molecular weight excluding hydrogens is 369 g/mol. The Kier molecular flexibility index (Phi) is 4.63. The molecule has 7 heteroatoms. The zero-order valence-electron chi connectivity index (χ0n) is 8.59. The van der Waals surface area contributed by atoms with Crippen molar-refractivity contribution in [3.63, 3.8) is 0 Å². The van der Waals surface area contributed by atoms with Gasteiger partial charge in [-0.3, -0.25) is 0 Å². The third-order valence-electron chi connectivity index (χ3n) is 1.72. The predicted molar refractivity (Wildman–Crippen MR) is 68.2 cm³/mol. The van der Waals surface area contributed by atoms with Crippen LogP contribution in [0.2, 0.25) is 0 Å². The third kappa shape index (κ3) is 4.44. The molecule has 0 spiro atoms. The fourth-order valence-corrected chi connectivity index (χ4v) is 13.0. The maximum absolute atomic E-state index is 13.9. The zero-order valence-corrected chi connectivity index (χ0v) is 13.1. The van der Waals surface area contributed by atoms with Crippen LogP contribution in [-0.4, -0.2) is 26.7 Å². The molecule has 0 fully saturated rings. The second-order valence-electron chi connectivity index (χ2n) is 3.00. The summed E-state index contributed by atoms with van der Waals surface area (Å²) in [6.07, 6.45) is 3.05. The normalized spacial score (nSPS) is 11.4. The van der Waals surface area contributed by atoms with Gasteiger partial charge in [0.25, 0.3) is 0 Å². The molecule has 0 radical (unpaired) electrons. The van der Waals surface area contributed by atoms with Crippen LogP contribution in [0.15, 0.2) is 58.8 Å². The van der Waals surface area contributed by atoms with Crippen LogP contribution >= 0.6 is 17.9 Å². The number of rotatable bonds is 4. The molecule has 0 atom stereocenters. The van der Waals surface area contributed by atoms with Crippen LogP contribution in [0, 0.1) is 0 Å². The third-order valence-corrected chi connectivity index (χ3v) is 14.1. The Morgan fingerprint density at radius 1 is 0.824 bits per heavy atom. The summed E-state index contributed by atoms with van der Waals surface area (Å²) in [7, 11) is 1.26. The van der Waals surface area contributed by atoms with E-state index in [0.717, 1.165) is 0 Å². The first-order chi connectivity index (χ1) is 8.16. The van der Waals surface area contributed by atoms with Crippen LogP contribution in [0.1, 0.15) is 0 Å². The van der Waals surface area contributed by atoms with Gasteiger partial charge in [0.1, 0.15) is 0 Å². The van der Waals surface area contributed by atoms with Crippen molar-refractivity contribution in [1.82, 2.24) is 9.97 Å². The quantitative estimate of drug-likeness (QED) is 0.759. The van der Waals surface area contributed by atoms with Gasteiger partial charge < -0.3 is 0 Å².